The Bertz CT molecular complexity index is 240. The molecule has 0 heterocycles. The Morgan fingerprint density at radius 3 is 2.36 bits per heavy atom. The molecule has 0 spiro atoms. The van der Waals surface area contributed by atoms with Gasteiger partial charge >= 0.3 is 0 Å². The lowest BCUT2D eigenvalue weighted by Gasteiger charge is -2.12. The van der Waals surface area contributed by atoms with E-state index in [1.165, 1.54) is 3.57 Å². The highest BCUT2D eigenvalue weighted by molar-refractivity contribution is 14.1. The summed E-state index contributed by atoms with van der Waals surface area (Å²) in [5, 5.41) is 0.792. The third-order valence-electron chi connectivity index (χ3n) is 1.36. The molecular weight excluding hydrogens is 272 g/mol. The SMILES string of the molecule is CN(C)c1cc(Cl)cc(I)c1. The van der Waals surface area contributed by atoms with E-state index in [9.17, 15) is 0 Å². The van der Waals surface area contributed by atoms with Gasteiger partial charge in [0.15, 0.2) is 0 Å². The van der Waals surface area contributed by atoms with Crippen LogP contribution >= 0.6 is 34.2 Å². The Morgan fingerprint density at radius 2 is 1.91 bits per heavy atom. The van der Waals surface area contributed by atoms with Gasteiger partial charge in [-0.3, -0.25) is 0 Å². The zero-order valence-electron chi connectivity index (χ0n) is 6.44. The molecule has 0 bridgehead atoms. The van der Waals surface area contributed by atoms with Crippen molar-refractivity contribution in [3.05, 3.63) is 26.8 Å². The van der Waals surface area contributed by atoms with E-state index in [4.69, 9.17) is 11.6 Å². The molecule has 0 radical (unpaired) electrons. The van der Waals surface area contributed by atoms with Crippen LogP contribution < -0.4 is 4.90 Å². The van der Waals surface area contributed by atoms with E-state index in [0.717, 1.165) is 10.7 Å². The molecule has 0 aromatic heterocycles. The first kappa shape index (κ1) is 9.13. The topological polar surface area (TPSA) is 3.24 Å². The van der Waals surface area contributed by atoms with Gasteiger partial charge in [-0.05, 0) is 40.8 Å². The molecule has 0 atom stereocenters. The summed E-state index contributed by atoms with van der Waals surface area (Å²) in [5.74, 6) is 0. The molecule has 0 saturated heterocycles. The summed E-state index contributed by atoms with van der Waals surface area (Å²) in [7, 11) is 4.00. The van der Waals surface area contributed by atoms with Crippen molar-refractivity contribution in [1.29, 1.82) is 0 Å². The number of nitrogens with zero attached hydrogens (tertiary/aromatic N) is 1. The maximum Gasteiger partial charge on any atom is 0.0437 e. The molecule has 1 rings (SSSR count). The molecule has 0 saturated carbocycles. The van der Waals surface area contributed by atoms with Crippen LogP contribution in [-0.2, 0) is 0 Å². The molecule has 0 aliphatic rings. The maximum absolute atomic E-state index is 5.86. The van der Waals surface area contributed by atoms with Crippen LogP contribution in [0.1, 0.15) is 0 Å². The number of hydrogen-bond acceptors (Lipinski definition) is 1. The second kappa shape index (κ2) is 3.63. The van der Waals surface area contributed by atoms with Gasteiger partial charge in [0.05, 0.1) is 0 Å². The van der Waals surface area contributed by atoms with Crippen LogP contribution in [0.4, 0.5) is 5.69 Å². The molecule has 0 unspecified atom stereocenters. The highest BCUT2D eigenvalue weighted by atomic mass is 127. The zero-order valence-corrected chi connectivity index (χ0v) is 9.35. The Labute approximate surface area is 85.5 Å². The highest BCUT2D eigenvalue weighted by Crippen LogP contribution is 2.21. The molecule has 0 fully saturated rings. The molecule has 1 nitrogen and oxygen atoms in total. The van der Waals surface area contributed by atoms with Crippen LogP contribution in [0.2, 0.25) is 5.02 Å². The number of benzene rings is 1. The third kappa shape index (κ3) is 2.52. The fourth-order valence-corrected chi connectivity index (χ4v) is 1.87. The fourth-order valence-electron chi connectivity index (χ4n) is 0.797. The van der Waals surface area contributed by atoms with Crippen LogP contribution in [0.15, 0.2) is 18.2 Å². The van der Waals surface area contributed by atoms with Crippen molar-refractivity contribution in [3.63, 3.8) is 0 Å². The van der Waals surface area contributed by atoms with Gasteiger partial charge in [0.2, 0.25) is 0 Å². The quantitative estimate of drug-likeness (QED) is 0.715. The van der Waals surface area contributed by atoms with Crippen molar-refractivity contribution in [3.8, 4) is 0 Å². The lowest BCUT2D eigenvalue weighted by Crippen LogP contribution is -2.08. The van der Waals surface area contributed by atoms with Gasteiger partial charge in [-0.1, -0.05) is 11.6 Å². The summed E-state index contributed by atoms with van der Waals surface area (Å²) >= 11 is 8.12. The minimum Gasteiger partial charge on any atom is -0.378 e. The third-order valence-corrected chi connectivity index (χ3v) is 2.20. The number of rotatable bonds is 1. The molecule has 11 heavy (non-hydrogen) atoms. The lowest BCUT2D eigenvalue weighted by molar-refractivity contribution is 1.13. The van der Waals surface area contributed by atoms with E-state index in [0.29, 0.717) is 0 Å². The van der Waals surface area contributed by atoms with Gasteiger partial charge < -0.3 is 4.90 Å². The highest BCUT2D eigenvalue weighted by Gasteiger charge is 1.97. The second-order valence-electron chi connectivity index (χ2n) is 2.52. The van der Waals surface area contributed by atoms with Crippen LogP contribution in [0.3, 0.4) is 0 Å². The van der Waals surface area contributed by atoms with Crippen molar-refractivity contribution < 1.29 is 0 Å². The predicted octanol–water partition coefficient (Wildman–Crippen LogP) is 3.01. The minimum absolute atomic E-state index is 0.792. The summed E-state index contributed by atoms with van der Waals surface area (Å²) in [6, 6.07) is 5.98. The Balaban J connectivity index is 3.08. The molecule has 60 valence electrons. The summed E-state index contributed by atoms with van der Waals surface area (Å²) < 4.78 is 1.17. The Hall–Kier alpha value is 0.0400. The van der Waals surface area contributed by atoms with E-state index < -0.39 is 0 Å². The van der Waals surface area contributed by atoms with Crippen LogP contribution in [0.5, 0.6) is 0 Å². The predicted molar refractivity (Wildman–Crippen MR) is 58.5 cm³/mol. The van der Waals surface area contributed by atoms with E-state index >= 15 is 0 Å². The molecule has 1 aromatic rings. The molecular formula is C8H9ClIN. The first-order valence-corrected chi connectivity index (χ1v) is 4.68. The molecule has 0 N–H and O–H groups in total. The maximum atomic E-state index is 5.86. The summed E-state index contributed by atoms with van der Waals surface area (Å²) in [6.07, 6.45) is 0. The van der Waals surface area contributed by atoms with E-state index in [2.05, 4.69) is 28.7 Å². The normalized spacial score (nSPS) is 9.82. The fraction of sp³-hybridized carbons (Fsp3) is 0.250. The van der Waals surface area contributed by atoms with Crippen molar-refractivity contribution in [2.75, 3.05) is 19.0 Å². The van der Waals surface area contributed by atoms with E-state index in [1.807, 2.05) is 31.1 Å². The van der Waals surface area contributed by atoms with Gasteiger partial charge in [0.25, 0.3) is 0 Å². The van der Waals surface area contributed by atoms with E-state index in [-0.39, 0.29) is 0 Å². The minimum atomic E-state index is 0.792. The van der Waals surface area contributed by atoms with Crippen LogP contribution in [0.25, 0.3) is 0 Å². The Kier molecular flexibility index (Phi) is 3.01. The number of anilines is 1. The molecule has 3 heteroatoms. The molecule has 1 aromatic carbocycles. The van der Waals surface area contributed by atoms with Crippen LogP contribution in [0, 0.1) is 3.57 Å². The summed E-state index contributed by atoms with van der Waals surface area (Å²) in [6.45, 7) is 0. The average Bonchev–Trinajstić information content (AvgIpc) is 1.85. The zero-order chi connectivity index (χ0) is 8.43. The second-order valence-corrected chi connectivity index (χ2v) is 4.20. The monoisotopic (exact) mass is 281 g/mol. The van der Waals surface area contributed by atoms with Gasteiger partial charge in [0.1, 0.15) is 0 Å². The van der Waals surface area contributed by atoms with Crippen molar-refractivity contribution in [1.82, 2.24) is 0 Å². The number of halogens is 2. The van der Waals surface area contributed by atoms with Gasteiger partial charge in [-0.25, -0.2) is 0 Å². The first-order valence-electron chi connectivity index (χ1n) is 3.23. The van der Waals surface area contributed by atoms with Crippen LogP contribution in [-0.4, -0.2) is 14.1 Å². The smallest absolute Gasteiger partial charge is 0.0437 e. The summed E-state index contributed by atoms with van der Waals surface area (Å²) in [4.78, 5) is 2.04. The van der Waals surface area contributed by atoms with E-state index in [1.54, 1.807) is 0 Å². The van der Waals surface area contributed by atoms with Crippen molar-refractivity contribution in [2.24, 2.45) is 0 Å². The summed E-state index contributed by atoms with van der Waals surface area (Å²) in [5.41, 5.74) is 1.14. The van der Waals surface area contributed by atoms with Crippen molar-refractivity contribution in [2.45, 2.75) is 0 Å². The van der Waals surface area contributed by atoms with Gasteiger partial charge in [-0.2, -0.15) is 0 Å². The Morgan fingerprint density at radius 1 is 1.27 bits per heavy atom. The largest absolute Gasteiger partial charge is 0.378 e. The van der Waals surface area contributed by atoms with Gasteiger partial charge in [-0.15, -0.1) is 0 Å². The first-order chi connectivity index (χ1) is 5.09. The molecule has 0 aliphatic heterocycles. The standard InChI is InChI=1S/C8H9ClIN/c1-11(2)8-4-6(9)3-7(10)5-8/h3-5H,1-2H3. The number of hydrogen-bond donors (Lipinski definition) is 0. The lowest BCUT2D eigenvalue weighted by atomic mass is 10.3. The molecule has 0 aliphatic carbocycles. The van der Waals surface area contributed by atoms with Gasteiger partial charge in [0, 0.05) is 28.4 Å². The average molecular weight is 282 g/mol. The molecule has 0 amide bonds. The van der Waals surface area contributed by atoms with Crippen molar-refractivity contribution >= 4 is 39.9 Å².